The van der Waals surface area contributed by atoms with Gasteiger partial charge in [-0.2, -0.15) is 12.6 Å². The molecule has 0 saturated heterocycles. The van der Waals surface area contributed by atoms with E-state index in [2.05, 4.69) is 72.8 Å². The molecule has 3 aromatic carbocycles. The van der Waals surface area contributed by atoms with Crippen molar-refractivity contribution in [1.82, 2.24) is 0 Å². The number of hydrogen-bond acceptors (Lipinski definition) is 1. The lowest BCUT2D eigenvalue weighted by Gasteiger charge is -2.12. The second-order valence-corrected chi connectivity index (χ2v) is 5.32. The highest BCUT2D eigenvalue weighted by molar-refractivity contribution is 7.80. The normalized spacial score (nSPS) is 12.1. The quantitative estimate of drug-likeness (QED) is 0.611. The highest BCUT2D eigenvalue weighted by Crippen LogP contribution is 2.29. The molecule has 1 unspecified atom stereocenters. The van der Waals surface area contributed by atoms with Crippen LogP contribution in [-0.4, -0.2) is 0 Å². The summed E-state index contributed by atoms with van der Waals surface area (Å²) in [5, 5.41) is 0.126. The number of hydrogen-bond donors (Lipinski definition) is 1. The second-order valence-electron chi connectivity index (χ2n) is 4.80. The van der Waals surface area contributed by atoms with Gasteiger partial charge in [-0.3, -0.25) is 0 Å². The molecule has 0 aliphatic rings. The van der Waals surface area contributed by atoms with Gasteiger partial charge in [0, 0.05) is 0 Å². The molecule has 1 heteroatoms. The van der Waals surface area contributed by atoms with Gasteiger partial charge in [-0.25, -0.2) is 0 Å². The first kappa shape index (κ1) is 13.0. The third-order valence-electron chi connectivity index (χ3n) is 3.45. The zero-order valence-electron chi connectivity index (χ0n) is 11.1. The first-order valence-corrected chi connectivity index (χ1v) is 7.24. The van der Waals surface area contributed by atoms with Crippen molar-refractivity contribution in [1.29, 1.82) is 0 Å². The van der Waals surface area contributed by atoms with Crippen LogP contribution in [0.15, 0.2) is 84.9 Å². The van der Waals surface area contributed by atoms with Gasteiger partial charge in [0.05, 0.1) is 5.25 Å². The van der Waals surface area contributed by atoms with Crippen LogP contribution >= 0.6 is 12.6 Å². The van der Waals surface area contributed by atoms with Crippen molar-refractivity contribution < 1.29 is 0 Å². The Morgan fingerprint density at radius 2 is 0.950 bits per heavy atom. The first-order chi connectivity index (χ1) is 9.84. The lowest BCUT2D eigenvalue weighted by Crippen LogP contribution is -1.92. The van der Waals surface area contributed by atoms with E-state index in [1.165, 1.54) is 22.3 Å². The van der Waals surface area contributed by atoms with Crippen LogP contribution < -0.4 is 0 Å². The summed E-state index contributed by atoms with van der Waals surface area (Å²) in [7, 11) is 0. The molecule has 0 fully saturated rings. The van der Waals surface area contributed by atoms with Gasteiger partial charge in [-0.1, -0.05) is 84.9 Å². The Kier molecular flexibility index (Phi) is 3.89. The molecule has 0 aliphatic heterocycles. The number of thiol groups is 1. The van der Waals surface area contributed by atoms with E-state index < -0.39 is 0 Å². The second kappa shape index (κ2) is 5.98. The Morgan fingerprint density at radius 1 is 0.500 bits per heavy atom. The maximum absolute atomic E-state index is 4.73. The van der Waals surface area contributed by atoms with Crippen molar-refractivity contribution >= 4 is 12.6 Å². The van der Waals surface area contributed by atoms with Gasteiger partial charge >= 0.3 is 0 Å². The highest BCUT2D eigenvalue weighted by Gasteiger charge is 2.08. The molecule has 1 atom stereocenters. The number of benzene rings is 3. The first-order valence-electron chi connectivity index (χ1n) is 6.73. The third-order valence-corrected chi connectivity index (χ3v) is 4.05. The molecule has 3 rings (SSSR count). The van der Waals surface area contributed by atoms with Crippen LogP contribution in [0, 0.1) is 0 Å². The maximum atomic E-state index is 4.73. The molecule has 0 N–H and O–H groups in total. The molecule has 0 aromatic heterocycles. The summed E-state index contributed by atoms with van der Waals surface area (Å²) in [4.78, 5) is 0. The predicted octanol–water partition coefficient (Wildman–Crippen LogP) is 5.37. The van der Waals surface area contributed by atoms with Gasteiger partial charge in [0.15, 0.2) is 0 Å². The molecule has 0 spiro atoms. The molecule has 20 heavy (non-hydrogen) atoms. The molecule has 0 heterocycles. The van der Waals surface area contributed by atoms with Crippen molar-refractivity contribution in [3.05, 3.63) is 96.1 Å². The third kappa shape index (κ3) is 2.78. The lowest BCUT2D eigenvalue weighted by molar-refractivity contribution is 1.17. The fourth-order valence-electron chi connectivity index (χ4n) is 2.32. The van der Waals surface area contributed by atoms with Crippen LogP contribution in [0.3, 0.4) is 0 Å². The summed E-state index contributed by atoms with van der Waals surface area (Å²) < 4.78 is 0. The fourth-order valence-corrected chi connectivity index (χ4v) is 2.66. The van der Waals surface area contributed by atoms with Crippen LogP contribution in [-0.2, 0) is 0 Å². The van der Waals surface area contributed by atoms with Gasteiger partial charge in [0.25, 0.3) is 0 Å². The van der Waals surface area contributed by atoms with Crippen LogP contribution in [0.25, 0.3) is 11.1 Å². The maximum Gasteiger partial charge on any atom is 0.0516 e. The standard InChI is InChI=1S/C19H16S/c20-19(17-9-5-2-6-10-17)18-13-11-16(12-14-18)15-7-3-1-4-8-15/h1-14,19-20H. The van der Waals surface area contributed by atoms with Crippen molar-refractivity contribution in [3.63, 3.8) is 0 Å². The molecular formula is C19H16S. The van der Waals surface area contributed by atoms with E-state index in [4.69, 9.17) is 12.6 Å². The summed E-state index contributed by atoms with van der Waals surface area (Å²) >= 11 is 4.73. The van der Waals surface area contributed by atoms with Crippen molar-refractivity contribution in [3.8, 4) is 11.1 Å². The Labute approximate surface area is 125 Å². The minimum atomic E-state index is 0.126. The van der Waals surface area contributed by atoms with E-state index in [-0.39, 0.29) is 5.25 Å². The van der Waals surface area contributed by atoms with E-state index in [1.54, 1.807) is 0 Å². The summed E-state index contributed by atoms with van der Waals surface area (Å²) in [5.41, 5.74) is 4.93. The summed E-state index contributed by atoms with van der Waals surface area (Å²) in [6.07, 6.45) is 0. The van der Waals surface area contributed by atoms with Crippen molar-refractivity contribution in [2.75, 3.05) is 0 Å². The molecule has 0 amide bonds. The monoisotopic (exact) mass is 276 g/mol. The van der Waals surface area contributed by atoms with Gasteiger partial charge < -0.3 is 0 Å². The smallest absolute Gasteiger partial charge is 0.0516 e. The van der Waals surface area contributed by atoms with Gasteiger partial charge in [-0.05, 0) is 22.3 Å². The SMILES string of the molecule is SC(c1ccccc1)c1ccc(-c2ccccc2)cc1. The number of rotatable bonds is 3. The van der Waals surface area contributed by atoms with Gasteiger partial charge in [0.1, 0.15) is 0 Å². The minimum absolute atomic E-state index is 0.126. The van der Waals surface area contributed by atoms with Crippen molar-refractivity contribution in [2.24, 2.45) is 0 Å². The largest absolute Gasteiger partial charge is 0.166 e. The summed E-state index contributed by atoms with van der Waals surface area (Å²) in [6.45, 7) is 0. The molecule has 0 bridgehead atoms. The highest BCUT2D eigenvalue weighted by atomic mass is 32.1. The fraction of sp³-hybridized carbons (Fsp3) is 0.0526. The molecule has 0 saturated carbocycles. The molecule has 98 valence electrons. The van der Waals surface area contributed by atoms with Crippen LogP contribution in [0.4, 0.5) is 0 Å². The Bertz CT molecular complexity index is 657. The molecular weight excluding hydrogens is 260 g/mol. The Balaban J connectivity index is 1.87. The average molecular weight is 276 g/mol. The Hall–Kier alpha value is -1.99. The van der Waals surface area contributed by atoms with E-state index >= 15 is 0 Å². The lowest BCUT2D eigenvalue weighted by atomic mass is 10.00. The van der Waals surface area contributed by atoms with E-state index in [0.717, 1.165) is 0 Å². The van der Waals surface area contributed by atoms with Gasteiger partial charge in [-0.15, -0.1) is 0 Å². The van der Waals surface area contributed by atoms with Crippen molar-refractivity contribution in [2.45, 2.75) is 5.25 Å². The van der Waals surface area contributed by atoms with Crippen LogP contribution in [0.1, 0.15) is 16.4 Å². The predicted molar refractivity (Wildman–Crippen MR) is 89.1 cm³/mol. The zero-order valence-corrected chi connectivity index (χ0v) is 12.0. The van der Waals surface area contributed by atoms with Gasteiger partial charge in [0.2, 0.25) is 0 Å². The molecule has 3 aromatic rings. The molecule has 0 nitrogen and oxygen atoms in total. The Morgan fingerprint density at radius 3 is 1.55 bits per heavy atom. The minimum Gasteiger partial charge on any atom is -0.166 e. The summed E-state index contributed by atoms with van der Waals surface area (Å²) in [5.74, 6) is 0. The van der Waals surface area contributed by atoms with Crippen LogP contribution in [0.2, 0.25) is 0 Å². The summed E-state index contributed by atoms with van der Waals surface area (Å²) in [6, 6.07) is 29.4. The topological polar surface area (TPSA) is 0 Å². The molecule has 0 radical (unpaired) electrons. The van der Waals surface area contributed by atoms with E-state index in [1.807, 2.05) is 12.1 Å². The van der Waals surface area contributed by atoms with E-state index in [9.17, 15) is 0 Å². The van der Waals surface area contributed by atoms with Crippen LogP contribution in [0.5, 0.6) is 0 Å². The molecule has 0 aliphatic carbocycles. The van der Waals surface area contributed by atoms with E-state index in [0.29, 0.717) is 0 Å². The average Bonchev–Trinajstić information content (AvgIpc) is 2.56. The zero-order chi connectivity index (χ0) is 13.8.